The molecule has 262 valence electrons. The molecule has 0 bridgehead atoms. The number of amides is 1. The third-order valence-electron chi connectivity index (χ3n) is 11.5. The number of alkyl halides is 2. The molecule has 3 saturated carbocycles. The maximum absolute atomic E-state index is 15.9. The highest BCUT2D eigenvalue weighted by Gasteiger charge is 2.70. The number of aliphatic hydroxyl groups excluding tert-OH is 5. The van der Waals surface area contributed by atoms with Crippen LogP contribution >= 0.6 is 0 Å². The summed E-state index contributed by atoms with van der Waals surface area (Å²) in [5.41, 5.74) is 0. The molecular formula is C29H43F2NO14. The van der Waals surface area contributed by atoms with Crippen LogP contribution in [0, 0.1) is 35.5 Å². The van der Waals surface area contributed by atoms with Crippen molar-refractivity contribution in [1.82, 2.24) is 5.32 Å². The lowest BCUT2D eigenvalue weighted by Gasteiger charge is -2.55. The minimum absolute atomic E-state index is 0.0268. The molecule has 17 heteroatoms. The van der Waals surface area contributed by atoms with Gasteiger partial charge in [0.15, 0.2) is 0 Å². The summed E-state index contributed by atoms with van der Waals surface area (Å²) >= 11 is 0. The summed E-state index contributed by atoms with van der Waals surface area (Å²) < 4.78 is 64.9. The first-order valence-corrected chi connectivity index (χ1v) is 15.7. The van der Waals surface area contributed by atoms with Crippen molar-refractivity contribution in [3.63, 3.8) is 0 Å². The predicted octanol–water partition coefficient (Wildman–Crippen LogP) is -2.74. The normalized spacial score (nSPS) is 50.7. The molecular weight excluding hydrogens is 624 g/mol. The van der Waals surface area contributed by atoms with Gasteiger partial charge in [0, 0.05) is 26.2 Å². The van der Waals surface area contributed by atoms with Crippen molar-refractivity contribution in [2.24, 2.45) is 35.5 Å². The van der Waals surface area contributed by atoms with E-state index < -0.39 is 103 Å². The highest BCUT2D eigenvalue weighted by atomic mass is 19.3. The van der Waals surface area contributed by atoms with Gasteiger partial charge in [-0.3, -0.25) is 9.59 Å². The second-order valence-electron chi connectivity index (χ2n) is 13.5. The van der Waals surface area contributed by atoms with Crippen molar-refractivity contribution in [2.45, 2.75) is 98.4 Å². The largest absolute Gasteiger partial charge is 0.465 e. The Balaban J connectivity index is 1.33. The number of rotatable bonds is 7. The van der Waals surface area contributed by atoms with E-state index in [-0.39, 0.29) is 43.7 Å². The zero-order valence-corrected chi connectivity index (χ0v) is 25.4. The van der Waals surface area contributed by atoms with E-state index in [1.165, 1.54) is 14.2 Å². The van der Waals surface area contributed by atoms with Gasteiger partial charge in [-0.15, -0.1) is 0 Å². The predicted molar refractivity (Wildman–Crippen MR) is 144 cm³/mol. The molecule has 1 amide bonds. The van der Waals surface area contributed by atoms with Gasteiger partial charge in [0.2, 0.25) is 0 Å². The Kier molecular flexibility index (Phi) is 9.43. The fraction of sp³-hybridized carbons (Fsp3) is 0.931. The number of aliphatic hydroxyl groups is 6. The van der Waals surface area contributed by atoms with Crippen LogP contribution in [0.5, 0.6) is 0 Å². The molecule has 0 aromatic rings. The molecule has 0 spiro atoms. The number of esters is 1. The zero-order chi connectivity index (χ0) is 33.3. The van der Waals surface area contributed by atoms with Gasteiger partial charge in [0.1, 0.15) is 37.3 Å². The Bertz CT molecular complexity index is 1140. The SMILES string of the molecule is COC1CC([C@@H]2C3CC4OCOC4CC3[C@@H](NC(=O)C(F)(F)[C@]3(O)O[C@H](CO)[C@@H](O)[C@H](O)[C@H]3O)[C@H]3COC(=O)[C@H]23)CC(OC)C1O. The summed E-state index contributed by atoms with van der Waals surface area (Å²) in [6.07, 6.45) is -10.5. The van der Waals surface area contributed by atoms with Crippen LogP contribution < -0.4 is 5.32 Å². The van der Waals surface area contributed by atoms with Gasteiger partial charge in [0.05, 0.1) is 43.5 Å². The molecule has 0 aromatic heterocycles. The number of nitrogens with one attached hydrogen (secondary N) is 1. The van der Waals surface area contributed by atoms with Crippen LogP contribution in [-0.2, 0) is 38.0 Å². The standard InChI is InChI=1S/C29H43F2NO14/c1-41-16-3-10(4-17(42-2)22(16)34)19-11-5-14-15(45-9-44-14)6-12(11)21(13-8-43-26(38)20(13)19)32-27(39)28(30,31)29(40)25(37)24(36)23(35)18(7-33)46-29/h10-25,33-37,40H,3-9H2,1-2H3,(H,32,39)/t10?,11?,12?,13-,14?,15?,16?,17?,18+,19+,20-,21+,22?,23+,24-,25+,29+/m0/s1. The number of hydrogen-bond acceptors (Lipinski definition) is 14. The molecule has 3 aliphatic heterocycles. The van der Waals surface area contributed by atoms with Crippen LogP contribution in [0.15, 0.2) is 0 Å². The van der Waals surface area contributed by atoms with Crippen molar-refractivity contribution in [3.05, 3.63) is 0 Å². The molecule has 6 aliphatic rings. The summed E-state index contributed by atoms with van der Waals surface area (Å²) in [5.74, 6) is -14.6. The first kappa shape index (κ1) is 34.2. The van der Waals surface area contributed by atoms with E-state index in [1.807, 2.05) is 0 Å². The highest BCUT2D eigenvalue weighted by Crippen LogP contribution is 2.57. The first-order valence-electron chi connectivity index (χ1n) is 15.7. The summed E-state index contributed by atoms with van der Waals surface area (Å²) in [6, 6.07) is -1.08. The minimum atomic E-state index is -4.91. The number of hydrogen-bond donors (Lipinski definition) is 7. The van der Waals surface area contributed by atoms with Crippen molar-refractivity contribution >= 4 is 11.9 Å². The van der Waals surface area contributed by atoms with Gasteiger partial charge in [-0.05, 0) is 49.4 Å². The van der Waals surface area contributed by atoms with Crippen LogP contribution in [0.2, 0.25) is 0 Å². The van der Waals surface area contributed by atoms with Crippen molar-refractivity contribution in [2.75, 3.05) is 34.2 Å². The molecule has 0 aromatic carbocycles. The quantitative estimate of drug-likeness (QED) is 0.137. The van der Waals surface area contributed by atoms with Gasteiger partial charge in [0.25, 0.3) is 11.7 Å². The summed E-state index contributed by atoms with van der Waals surface area (Å²) in [5, 5.41) is 64.0. The number of ether oxygens (including phenoxy) is 6. The van der Waals surface area contributed by atoms with Crippen molar-refractivity contribution in [3.8, 4) is 0 Å². The third-order valence-corrected chi connectivity index (χ3v) is 11.5. The highest BCUT2D eigenvalue weighted by molar-refractivity contribution is 5.85. The molecule has 15 nitrogen and oxygen atoms in total. The Morgan fingerprint density at radius 1 is 0.957 bits per heavy atom. The number of halogens is 2. The lowest BCUT2D eigenvalue weighted by molar-refractivity contribution is -0.401. The van der Waals surface area contributed by atoms with Crippen LogP contribution in [0.3, 0.4) is 0 Å². The van der Waals surface area contributed by atoms with Crippen molar-refractivity contribution in [1.29, 1.82) is 0 Å². The Morgan fingerprint density at radius 2 is 1.57 bits per heavy atom. The Labute approximate surface area is 263 Å². The molecule has 3 saturated heterocycles. The number of fused-ring (bicyclic) bond motifs is 3. The molecule has 6 unspecified atom stereocenters. The number of methoxy groups -OCH3 is 2. The van der Waals surface area contributed by atoms with E-state index in [0.717, 1.165) is 0 Å². The maximum atomic E-state index is 15.9. The third kappa shape index (κ3) is 5.26. The van der Waals surface area contributed by atoms with Gasteiger partial charge in [-0.2, -0.15) is 8.78 Å². The molecule has 6 fully saturated rings. The number of carbonyl (C=O) groups is 2. The van der Waals surface area contributed by atoms with Gasteiger partial charge < -0.3 is 64.4 Å². The minimum Gasteiger partial charge on any atom is -0.465 e. The van der Waals surface area contributed by atoms with E-state index in [1.54, 1.807) is 0 Å². The Morgan fingerprint density at radius 3 is 2.15 bits per heavy atom. The van der Waals surface area contributed by atoms with Gasteiger partial charge in [-0.25, -0.2) is 0 Å². The summed E-state index contributed by atoms with van der Waals surface area (Å²) in [7, 11) is 2.95. The molecule has 6 rings (SSSR count). The lowest BCUT2D eigenvalue weighted by atomic mass is 9.51. The van der Waals surface area contributed by atoms with E-state index >= 15 is 8.78 Å². The van der Waals surface area contributed by atoms with E-state index in [4.69, 9.17) is 28.4 Å². The topological polar surface area (TPSA) is 223 Å². The monoisotopic (exact) mass is 667 g/mol. The van der Waals surface area contributed by atoms with Crippen LogP contribution in [-0.4, -0.2) is 149 Å². The number of cyclic esters (lactones) is 1. The molecule has 7 N–H and O–H groups in total. The summed E-state index contributed by atoms with van der Waals surface area (Å²) in [4.78, 5) is 26.9. The van der Waals surface area contributed by atoms with Crippen LogP contribution in [0.25, 0.3) is 0 Å². The smallest absolute Gasteiger partial charge is 0.379 e. The van der Waals surface area contributed by atoms with Gasteiger partial charge in [-0.1, -0.05) is 0 Å². The van der Waals surface area contributed by atoms with Crippen LogP contribution in [0.1, 0.15) is 25.7 Å². The van der Waals surface area contributed by atoms with Crippen LogP contribution in [0.4, 0.5) is 8.78 Å². The number of carbonyl (C=O) groups excluding carboxylic acids is 2. The fourth-order valence-corrected chi connectivity index (χ4v) is 9.19. The molecule has 3 aliphatic carbocycles. The second-order valence-corrected chi connectivity index (χ2v) is 13.5. The maximum Gasteiger partial charge on any atom is 0.379 e. The lowest BCUT2D eigenvalue weighted by Crippen LogP contribution is -2.74. The zero-order valence-electron chi connectivity index (χ0n) is 25.4. The molecule has 15 atom stereocenters. The first-order chi connectivity index (χ1) is 21.8. The average Bonchev–Trinajstić information content (AvgIpc) is 3.67. The fourth-order valence-electron chi connectivity index (χ4n) is 9.19. The van der Waals surface area contributed by atoms with E-state index in [0.29, 0.717) is 19.3 Å². The van der Waals surface area contributed by atoms with Gasteiger partial charge >= 0.3 is 11.9 Å². The van der Waals surface area contributed by atoms with E-state index in [9.17, 15) is 40.2 Å². The molecule has 0 radical (unpaired) electrons. The molecule has 3 heterocycles. The van der Waals surface area contributed by atoms with E-state index in [2.05, 4.69) is 5.32 Å². The summed E-state index contributed by atoms with van der Waals surface area (Å²) in [6.45, 7) is -1.26. The second kappa shape index (κ2) is 12.7. The molecule has 46 heavy (non-hydrogen) atoms. The average molecular weight is 668 g/mol. The Hall–Kier alpha value is -1.64. The van der Waals surface area contributed by atoms with Crippen molar-refractivity contribution < 1.29 is 77.4 Å².